The Morgan fingerprint density at radius 1 is 1.05 bits per heavy atom. The van der Waals surface area contributed by atoms with Crippen molar-refractivity contribution >= 4 is 22.3 Å². The molecule has 3 rings (SSSR count). The quantitative estimate of drug-likeness (QED) is 0.738. The maximum Gasteiger partial charge on any atom is 0.0992 e. The first-order chi connectivity index (χ1) is 10.6. The summed E-state index contributed by atoms with van der Waals surface area (Å²) in [5.41, 5.74) is 7.08. The predicted octanol–water partition coefficient (Wildman–Crippen LogP) is 4.78. The van der Waals surface area contributed by atoms with E-state index in [1.165, 1.54) is 11.1 Å². The number of nitriles is 1. The number of hydrogen-bond acceptors (Lipinski definition) is 3. The second-order valence-electron chi connectivity index (χ2n) is 5.61. The van der Waals surface area contributed by atoms with Crippen molar-refractivity contribution in [1.82, 2.24) is 4.98 Å². The van der Waals surface area contributed by atoms with Crippen molar-refractivity contribution in [2.75, 3.05) is 5.32 Å². The van der Waals surface area contributed by atoms with Crippen LogP contribution in [0.4, 0.5) is 11.4 Å². The molecule has 3 heteroatoms. The zero-order valence-corrected chi connectivity index (χ0v) is 12.9. The van der Waals surface area contributed by atoms with Crippen LogP contribution >= 0.6 is 0 Å². The molecule has 22 heavy (non-hydrogen) atoms. The molecule has 3 nitrogen and oxygen atoms in total. The van der Waals surface area contributed by atoms with Crippen molar-refractivity contribution in [3.8, 4) is 6.07 Å². The Kier molecular flexibility index (Phi) is 3.52. The van der Waals surface area contributed by atoms with Gasteiger partial charge in [0.2, 0.25) is 0 Å². The van der Waals surface area contributed by atoms with Crippen LogP contribution in [0.25, 0.3) is 10.9 Å². The normalized spacial score (nSPS) is 10.5. The number of aryl methyl sites for hydroxylation is 3. The molecule has 0 aliphatic heterocycles. The number of nitrogens with one attached hydrogen (secondary N) is 1. The van der Waals surface area contributed by atoms with E-state index in [0.717, 1.165) is 27.8 Å². The minimum Gasteiger partial charge on any atom is -0.355 e. The Hall–Kier alpha value is -2.86. The van der Waals surface area contributed by atoms with E-state index in [2.05, 4.69) is 42.4 Å². The van der Waals surface area contributed by atoms with Gasteiger partial charge in [-0.05, 0) is 56.2 Å². The minimum atomic E-state index is 0.647. The third kappa shape index (κ3) is 2.51. The average molecular weight is 287 g/mol. The zero-order valence-electron chi connectivity index (χ0n) is 12.9. The smallest absolute Gasteiger partial charge is 0.0992 e. The van der Waals surface area contributed by atoms with E-state index in [-0.39, 0.29) is 0 Å². The Labute approximate surface area is 130 Å². The average Bonchev–Trinajstić information content (AvgIpc) is 2.50. The third-order valence-electron chi connectivity index (χ3n) is 3.76. The van der Waals surface area contributed by atoms with Crippen molar-refractivity contribution in [3.05, 3.63) is 64.8 Å². The van der Waals surface area contributed by atoms with Crippen LogP contribution in [0.3, 0.4) is 0 Å². The summed E-state index contributed by atoms with van der Waals surface area (Å²) in [6.45, 7) is 6.22. The third-order valence-corrected chi connectivity index (χ3v) is 3.76. The second-order valence-corrected chi connectivity index (χ2v) is 5.61. The van der Waals surface area contributed by atoms with Gasteiger partial charge in [0, 0.05) is 17.3 Å². The molecule has 0 radical (unpaired) electrons. The number of pyridine rings is 1. The number of aromatic nitrogens is 1. The summed E-state index contributed by atoms with van der Waals surface area (Å²) in [5.74, 6) is 0. The largest absolute Gasteiger partial charge is 0.355 e. The Morgan fingerprint density at radius 2 is 1.86 bits per heavy atom. The Morgan fingerprint density at radius 3 is 2.64 bits per heavy atom. The number of nitrogens with zero attached hydrogens (tertiary/aromatic N) is 2. The van der Waals surface area contributed by atoms with Crippen molar-refractivity contribution in [3.63, 3.8) is 0 Å². The molecule has 1 aromatic heterocycles. The zero-order chi connectivity index (χ0) is 15.7. The molecular formula is C19H17N3. The molecule has 0 saturated heterocycles. The highest BCUT2D eigenvalue weighted by molar-refractivity contribution is 5.96. The van der Waals surface area contributed by atoms with Gasteiger partial charge in [-0.1, -0.05) is 17.7 Å². The number of rotatable bonds is 2. The molecular weight excluding hydrogens is 270 g/mol. The number of benzene rings is 2. The van der Waals surface area contributed by atoms with Gasteiger partial charge in [0.05, 0.1) is 22.8 Å². The van der Waals surface area contributed by atoms with Gasteiger partial charge >= 0.3 is 0 Å². The van der Waals surface area contributed by atoms with Gasteiger partial charge in [0.1, 0.15) is 0 Å². The highest BCUT2D eigenvalue weighted by Crippen LogP contribution is 2.31. The van der Waals surface area contributed by atoms with E-state index in [1.54, 1.807) is 6.07 Å². The van der Waals surface area contributed by atoms with E-state index >= 15 is 0 Å². The lowest BCUT2D eigenvalue weighted by Gasteiger charge is -2.14. The Balaban J connectivity index is 2.17. The van der Waals surface area contributed by atoms with Crippen molar-refractivity contribution in [2.45, 2.75) is 20.8 Å². The monoisotopic (exact) mass is 287 g/mol. The summed E-state index contributed by atoms with van der Waals surface area (Å²) in [7, 11) is 0. The summed E-state index contributed by atoms with van der Waals surface area (Å²) in [6, 6.07) is 14.0. The lowest BCUT2D eigenvalue weighted by Crippen LogP contribution is -1.98. The van der Waals surface area contributed by atoms with E-state index in [0.29, 0.717) is 5.56 Å². The second kappa shape index (κ2) is 5.50. The first kappa shape index (κ1) is 14.1. The van der Waals surface area contributed by atoms with Crippen molar-refractivity contribution in [1.29, 1.82) is 5.26 Å². The molecule has 0 unspecified atom stereocenters. The molecule has 3 aromatic rings. The Bertz CT molecular complexity index is 904. The van der Waals surface area contributed by atoms with Gasteiger partial charge in [-0.15, -0.1) is 0 Å². The van der Waals surface area contributed by atoms with Gasteiger partial charge < -0.3 is 5.32 Å². The van der Waals surface area contributed by atoms with Gasteiger partial charge in [-0.25, -0.2) is 0 Å². The fourth-order valence-corrected chi connectivity index (χ4v) is 2.74. The van der Waals surface area contributed by atoms with E-state index in [4.69, 9.17) is 5.26 Å². The molecule has 0 fully saturated rings. The molecule has 0 aliphatic carbocycles. The maximum atomic E-state index is 9.04. The molecule has 0 bridgehead atoms. The van der Waals surface area contributed by atoms with Crippen LogP contribution in [-0.4, -0.2) is 4.98 Å². The molecule has 1 heterocycles. The van der Waals surface area contributed by atoms with E-state index in [1.807, 2.05) is 31.3 Å². The van der Waals surface area contributed by atoms with Gasteiger partial charge in [0.25, 0.3) is 0 Å². The summed E-state index contributed by atoms with van der Waals surface area (Å²) >= 11 is 0. The van der Waals surface area contributed by atoms with Crippen LogP contribution in [0, 0.1) is 32.1 Å². The summed E-state index contributed by atoms with van der Waals surface area (Å²) in [4.78, 5) is 4.57. The van der Waals surface area contributed by atoms with Crippen molar-refractivity contribution < 1.29 is 0 Å². The van der Waals surface area contributed by atoms with Crippen LogP contribution in [0.5, 0.6) is 0 Å². The molecule has 2 aromatic carbocycles. The highest BCUT2D eigenvalue weighted by Gasteiger charge is 2.09. The van der Waals surface area contributed by atoms with Gasteiger partial charge in [0.15, 0.2) is 0 Å². The SMILES string of the molecule is Cc1cc(C)c2ncc(C)c(Nc3cccc(C#N)c3)c2c1. The minimum absolute atomic E-state index is 0.647. The molecule has 0 spiro atoms. The number of hydrogen-bond donors (Lipinski definition) is 1. The fourth-order valence-electron chi connectivity index (χ4n) is 2.74. The molecule has 0 aliphatic rings. The summed E-state index contributed by atoms with van der Waals surface area (Å²) in [6.07, 6.45) is 1.89. The summed E-state index contributed by atoms with van der Waals surface area (Å²) in [5, 5.41) is 13.6. The van der Waals surface area contributed by atoms with Gasteiger partial charge in [-0.3, -0.25) is 4.98 Å². The summed E-state index contributed by atoms with van der Waals surface area (Å²) < 4.78 is 0. The lowest BCUT2D eigenvalue weighted by molar-refractivity contribution is 1.29. The molecule has 0 amide bonds. The standard InChI is InChI=1S/C19H17N3/c1-12-7-13(2)18-17(8-12)19(14(3)11-21-18)22-16-6-4-5-15(9-16)10-20/h4-9,11H,1-3H3,(H,21,22). The van der Waals surface area contributed by atoms with Crippen molar-refractivity contribution in [2.24, 2.45) is 0 Å². The predicted molar refractivity (Wildman–Crippen MR) is 90.4 cm³/mol. The van der Waals surface area contributed by atoms with Gasteiger partial charge in [-0.2, -0.15) is 5.26 Å². The molecule has 0 saturated carbocycles. The van der Waals surface area contributed by atoms with Crippen LogP contribution in [-0.2, 0) is 0 Å². The van der Waals surface area contributed by atoms with E-state index < -0.39 is 0 Å². The first-order valence-corrected chi connectivity index (χ1v) is 7.22. The van der Waals surface area contributed by atoms with Crippen LogP contribution < -0.4 is 5.32 Å². The van der Waals surface area contributed by atoms with Crippen LogP contribution in [0.1, 0.15) is 22.3 Å². The van der Waals surface area contributed by atoms with Crippen LogP contribution in [0.2, 0.25) is 0 Å². The molecule has 108 valence electrons. The number of fused-ring (bicyclic) bond motifs is 1. The number of anilines is 2. The van der Waals surface area contributed by atoms with E-state index in [9.17, 15) is 0 Å². The van der Waals surface area contributed by atoms with Crippen LogP contribution in [0.15, 0.2) is 42.6 Å². The topological polar surface area (TPSA) is 48.7 Å². The molecule has 0 atom stereocenters. The maximum absolute atomic E-state index is 9.04. The first-order valence-electron chi connectivity index (χ1n) is 7.22. The fraction of sp³-hybridized carbons (Fsp3) is 0.158. The highest BCUT2D eigenvalue weighted by atomic mass is 14.9. The lowest BCUT2D eigenvalue weighted by atomic mass is 10.0. The molecule has 1 N–H and O–H groups in total.